The molecular formula is C19H30ClNO2. The first-order valence-corrected chi connectivity index (χ1v) is 9.07. The van der Waals surface area contributed by atoms with Crippen LogP contribution < -0.4 is 0 Å². The van der Waals surface area contributed by atoms with Gasteiger partial charge in [-0.1, -0.05) is 37.1 Å². The molecular weight excluding hydrogens is 310 g/mol. The van der Waals surface area contributed by atoms with E-state index in [0.29, 0.717) is 12.1 Å². The summed E-state index contributed by atoms with van der Waals surface area (Å²) in [6.07, 6.45) is 3.81. The number of benzene rings is 1. The third-order valence-corrected chi connectivity index (χ3v) is 5.07. The van der Waals surface area contributed by atoms with Crippen molar-refractivity contribution in [1.29, 1.82) is 0 Å². The minimum Gasteiger partial charge on any atom is -0.380 e. The van der Waals surface area contributed by atoms with E-state index in [1.165, 1.54) is 5.56 Å². The smallest absolute Gasteiger partial charge is 0.0698 e. The maximum atomic E-state index is 6.00. The van der Waals surface area contributed by atoms with E-state index < -0.39 is 0 Å². The number of nitrogens with zero attached hydrogens (tertiary/aromatic N) is 1. The van der Waals surface area contributed by atoms with Crippen LogP contribution in [0.15, 0.2) is 24.3 Å². The van der Waals surface area contributed by atoms with E-state index in [2.05, 4.69) is 37.8 Å². The average Bonchev–Trinajstić information content (AvgIpc) is 2.55. The summed E-state index contributed by atoms with van der Waals surface area (Å²) in [5.74, 6) is 0. The van der Waals surface area contributed by atoms with Gasteiger partial charge in [-0.3, -0.25) is 4.90 Å². The summed E-state index contributed by atoms with van der Waals surface area (Å²) in [5.41, 5.74) is 1.31. The minimum absolute atomic E-state index is 0.230. The second kappa shape index (κ2) is 9.03. The van der Waals surface area contributed by atoms with Gasteiger partial charge in [-0.15, -0.1) is 0 Å². The standard InChI is InChI=1S/C19H30ClNO2/c1-5-6-19(15(3)22-4)21-12-14(2)23-13-18(21)11-16-7-9-17(20)10-8-16/h7-10,14-15,18-19H,5-6,11-13H2,1-4H3/t14-,15+,18-,19+/m0/s1. The van der Waals surface area contributed by atoms with Crippen molar-refractivity contribution in [3.63, 3.8) is 0 Å². The number of hydrogen-bond acceptors (Lipinski definition) is 3. The molecule has 1 saturated heterocycles. The molecule has 1 aromatic rings. The third kappa shape index (κ3) is 5.18. The zero-order chi connectivity index (χ0) is 16.8. The number of methoxy groups -OCH3 is 1. The van der Waals surface area contributed by atoms with Gasteiger partial charge in [0.25, 0.3) is 0 Å². The van der Waals surface area contributed by atoms with Crippen molar-refractivity contribution >= 4 is 11.6 Å². The molecule has 0 N–H and O–H groups in total. The van der Waals surface area contributed by atoms with Gasteiger partial charge in [0, 0.05) is 30.8 Å². The first kappa shape index (κ1) is 18.7. The molecule has 1 aromatic carbocycles. The summed E-state index contributed by atoms with van der Waals surface area (Å²) in [4.78, 5) is 2.61. The van der Waals surface area contributed by atoms with E-state index in [1.54, 1.807) is 0 Å². The molecule has 1 fully saturated rings. The van der Waals surface area contributed by atoms with Crippen molar-refractivity contribution in [1.82, 2.24) is 4.90 Å². The Hall–Kier alpha value is -0.610. The van der Waals surface area contributed by atoms with E-state index in [-0.39, 0.29) is 12.2 Å². The lowest BCUT2D eigenvalue weighted by atomic mass is 9.97. The molecule has 4 atom stereocenters. The second-order valence-corrected chi connectivity index (χ2v) is 7.06. The molecule has 1 heterocycles. The molecule has 3 nitrogen and oxygen atoms in total. The average molecular weight is 340 g/mol. The van der Waals surface area contributed by atoms with Gasteiger partial charge in [-0.05, 0) is 44.4 Å². The molecule has 2 rings (SSSR count). The normalized spacial score (nSPS) is 25.3. The Labute approximate surface area is 145 Å². The number of rotatable bonds is 7. The lowest BCUT2D eigenvalue weighted by Crippen LogP contribution is -2.57. The molecule has 0 radical (unpaired) electrons. The molecule has 0 unspecified atom stereocenters. The number of halogens is 1. The van der Waals surface area contributed by atoms with Crippen LogP contribution in [0.1, 0.15) is 39.2 Å². The number of hydrogen-bond donors (Lipinski definition) is 0. The quantitative estimate of drug-likeness (QED) is 0.744. The van der Waals surface area contributed by atoms with Crippen LogP contribution in [0.4, 0.5) is 0 Å². The Morgan fingerprint density at radius 1 is 1.35 bits per heavy atom. The van der Waals surface area contributed by atoms with Crippen molar-refractivity contribution < 1.29 is 9.47 Å². The summed E-state index contributed by atoms with van der Waals surface area (Å²) in [6.45, 7) is 8.33. The van der Waals surface area contributed by atoms with Crippen LogP contribution in [0, 0.1) is 0 Å². The molecule has 0 aliphatic carbocycles. The molecule has 0 bridgehead atoms. The lowest BCUT2D eigenvalue weighted by Gasteiger charge is -2.45. The number of ether oxygens (including phenoxy) is 2. The molecule has 4 heteroatoms. The van der Waals surface area contributed by atoms with Crippen LogP contribution in [-0.2, 0) is 15.9 Å². The molecule has 0 amide bonds. The Morgan fingerprint density at radius 2 is 2.04 bits per heavy atom. The summed E-state index contributed by atoms with van der Waals surface area (Å²) in [7, 11) is 1.81. The van der Waals surface area contributed by atoms with Crippen LogP contribution in [0.5, 0.6) is 0 Å². The topological polar surface area (TPSA) is 21.7 Å². The first-order chi connectivity index (χ1) is 11.0. The van der Waals surface area contributed by atoms with Crippen LogP contribution >= 0.6 is 11.6 Å². The van der Waals surface area contributed by atoms with Crippen molar-refractivity contribution in [2.75, 3.05) is 20.3 Å². The zero-order valence-corrected chi connectivity index (χ0v) is 15.6. The maximum Gasteiger partial charge on any atom is 0.0698 e. The maximum absolute atomic E-state index is 6.00. The summed E-state index contributed by atoms with van der Waals surface area (Å²) in [5, 5.41) is 0.788. The largest absolute Gasteiger partial charge is 0.380 e. The van der Waals surface area contributed by atoms with Gasteiger partial charge in [0.1, 0.15) is 0 Å². The van der Waals surface area contributed by atoms with E-state index in [1.807, 2.05) is 19.2 Å². The van der Waals surface area contributed by atoms with Gasteiger partial charge in [0.05, 0.1) is 18.8 Å². The Kier molecular flexibility index (Phi) is 7.35. The lowest BCUT2D eigenvalue weighted by molar-refractivity contribution is -0.0961. The fourth-order valence-corrected chi connectivity index (χ4v) is 3.59. The molecule has 130 valence electrons. The molecule has 0 aromatic heterocycles. The highest BCUT2D eigenvalue weighted by molar-refractivity contribution is 6.30. The SMILES string of the molecule is CCC[C@H]([C@@H](C)OC)N1C[C@H](C)OC[C@@H]1Cc1ccc(Cl)cc1. The Balaban J connectivity index is 2.15. The summed E-state index contributed by atoms with van der Waals surface area (Å²) >= 11 is 6.00. The van der Waals surface area contributed by atoms with Crippen molar-refractivity contribution in [3.8, 4) is 0 Å². The molecule has 0 spiro atoms. The van der Waals surface area contributed by atoms with E-state index in [0.717, 1.165) is 37.4 Å². The Morgan fingerprint density at radius 3 is 2.65 bits per heavy atom. The van der Waals surface area contributed by atoms with Gasteiger partial charge in [0.2, 0.25) is 0 Å². The van der Waals surface area contributed by atoms with Crippen LogP contribution in [0.2, 0.25) is 5.02 Å². The first-order valence-electron chi connectivity index (χ1n) is 8.69. The monoisotopic (exact) mass is 339 g/mol. The summed E-state index contributed by atoms with van der Waals surface area (Å²) in [6, 6.07) is 9.00. The van der Waals surface area contributed by atoms with Gasteiger partial charge in [-0.25, -0.2) is 0 Å². The van der Waals surface area contributed by atoms with E-state index in [4.69, 9.17) is 21.1 Å². The highest BCUT2D eigenvalue weighted by atomic mass is 35.5. The molecule has 1 aliphatic heterocycles. The van der Waals surface area contributed by atoms with Crippen molar-refractivity contribution in [3.05, 3.63) is 34.9 Å². The van der Waals surface area contributed by atoms with Crippen molar-refractivity contribution in [2.45, 2.75) is 64.3 Å². The fraction of sp³-hybridized carbons (Fsp3) is 0.684. The molecule has 1 aliphatic rings. The van der Waals surface area contributed by atoms with Gasteiger partial charge in [0.15, 0.2) is 0 Å². The number of morpholine rings is 1. The van der Waals surface area contributed by atoms with Crippen molar-refractivity contribution in [2.24, 2.45) is 0 Å². The predicted octanol–water partition coefficient (Wildman–Crippen LogP) is 4.18. The zero-order valence-electron chi connectivity index (χ0n) is 14.8. The Bertz CT molecular complexity index is 465. The van der Waals surface area contributed by atoms with Crippen LogP contribution in [0.25, 0.3) is 0 Å². The van der Waals surface area contributed by atoms with Crippen LogP contribution in [0.3, 0.4) is 0 Å². The third-order valence-electron chi connectivity index (χ3n) is 4.82. The van der Waals surface area contributed by atoms with E-state index >= 15 is 0 Å². The van der Waals surface area contributed by atoms with Gasteiger partial charge >= 0.3 is 0 Å². The minimum atomic E-state index is 0.230. The van der Waals surface area contributed by atoms with Crippen LogP contribution in [-0.4, -0.2) is 49.5 Å². The molecule has 23 heavy (non-hydrogen) atoms. The highest BCUT2D eigenvalue weighted by Gasteiger charge is 2.34. The predicted molar refractivity (Wildman–Crippen MR) is 96.2 cm³/mol. The summed E-state index contributed by atoms with van der Waals surface area (Å²) < 4.78 is 11.6. The van der Waals surface area contributed by atoms with Gasteiger partial charge < -0.3 is 9.47 Å². The van der Waals surface area contributed by atoms with Gasteiger partial charge in [-0.2, -0.15) is 0 Å². The highest BCUT2D eigenvalue weighted by Crippen LogP contribution is 2.24. The second-order valence-electron chi connectivity index (χ2n) is 6.62. The molecule has 0 saturated carbocycles. The van der Waals surface area contributed by atoms with E-state index in [9.17, 15) is 0 Å². The fourth-order valence-electron chi connectivity index (χ4n) is 3.47.